The van der Waals surface area contributed by atoms with E-state index in [1.165, 1.54) is 34.6 Å². The van der Waals surface area contributed by atoms with Crippen LogP contribution in [0.1, 0.15) is 95.1 Å². The molecule has 2 aromatic carbocycles. The highest BCUT2D eigenvalue weighted by Crippen LogP contribution is 2.41. The molecule has 0 radical (unpaired) electrons. The third-order valence-electron chi connectivity index (χ3n) is 17.5. The molecule has 6 aromatic rings. The Hall–Kier alpha value is -8.00. The maximum atomic E-state index is 13.2. The first-order chi connectivity index (χ1) is 41.9. The number of hydrogen-bond donors (Lipinski definition) is 12. The Morgan fingerprint density at radius 3 is 1.94 bits per heavy atom. The molecule has 454 valence electrons. The second-order valence-electron chi connectivity index (χ2n) is 23.4. The summed E-state index contributed by atoms with van der Waals surface area (Å²) < 4.78 is 5.80. The summed E-state index contributed by atoms with van der Waals surface area (Å²) in [4.78, 5) is 100. The van der Waals surface area contributed by atoms with Crippen LogP contribution in [-0.2, 0) is 36.8 Å². The van der Waals surface area contributed by atoms with Gasteiger partial charge in [0.05, 0.1) is 30.7 Å². The Labute approximate surface area is 506 Å². The number of carbonyl (C=O) groups is 6. The van der Waals surface area contributed by atoms with Gasteiger partial charge in [-0.05, 0) is 88.0 Å². The Morgan fingerprint density at radius 1 is 0.686 bits per heavy atom. The number of amides is 7. The number of aromatic nitrogens is 6. The van der Waals surface area contributed by atoms with Gasteiger partial charge in [-0.3, -0.25) is 19.2 Å². The lowest BCUT2D eigenvalue weighted by Gasteiger charge is -2.35. The number of hydrogen-bond acceptors (Lipinski definition) is 17. The molecule has 0 spiro atoms. The van der Waals surface area contributed by atoms with Crippen LogP contribution in [-0.4, -0.2) is 156 Å². The number of esters is 1. The average Bonchev–Trinajstić information content (AvgIpc) is 2.88. The third-order valence-corrected chi connectivity index (χ3v) is 20.5. The highest BCUT2D eigenvalue weighted by Gasteiger charge is 2.46. The summed E-state index contributed by atoms with van der Waals surface area (Å²) in [5, 5.41) is 34.2. The number of ether oxygens (including phenoxy) is 1. The number of anilines is 6. The lowest BCUT2D eigenvalue weighted by molar-refractivity contribution is -0.148. The van der Waals surface area contributed by atoms with E-state index in [1.807, 2.05) is 72.0 Å². The van der Waals surface area contributed by atoms with Crippen molar-refractivity contribution in [2.75, 3.05) is 69.2 Å². The van der Waals surface area contributed by atoms with Crippen molar-refractivity contribution >= 4 is 116 Å². The molecule has 7 amide bonds. The minimum atomic E-state index is -0.807. The molecule has 5 fully saturated rings. The molecule has 4 aromatic heterocycles. The molecule has 0 aliphatic carbocycles. The van der Waals surface area contributed by atoms with Crippen molar-refractivity contribution in [3.8, 4) is 0 Å². The second kappa shape index (κ2) is 26.3. The molecule has 13 rings (SSSR count). The van der Waals surface area contributed by atoms with Crippen molar-refractivity contribution < 1.29 is 33.5 Å². The molecular formula is C60H75N17O7S2. The predicted molar refractivity (Wildman–Crippen MR) is 335 cm³/mol. The van der Waals surface area contributed by atoms with Crippen LogP contribution < -0.4 is 58.1 Å². The summed E-state index contributed by atoms with van der Waals surface area (Å²) in [6, 6.07) is 16.7. The van der Waals surface area contributed by atoms with E-state index in [-0.39, 0.29) is 66.0 Å². The summed E-state index contributed by atoms with van der Waals surface area (Å²) >= 11 is 3.78. The van der Waals surface area contributed by atoms with Crippen LogP contribution in [0, 0.1) is 0 Å². The minimum Gasteiger partial charge on any atom is -0.460 e. The quantitative estimate of drug-likeness (QED) is 0.0174. The molecular weight excluding hydrogens is 1130 g/mol. The number of thioether (sulfide) groups is 2. The molecule has 7 aliphatic heterocycles. The Kier molecular flexibility index (Phi) is 17.9. The lowest BCUT2D eigenvalue weighted by Crippen LogP contribution is -2.50. The number of aromatic amines is 2. The first-order valence-corrected chi connectivity index (χ1v) is 32.3. The Balaban J connectivity index is 0.000000168. The normalized spacial score (nSPS) is 24.7. The molecule has 86 heavy (non-hydrogen) atoms. The molecule has 24 nitrogen and oxygen atoms in total. The van der Waals surface area contributed by atoms with Crippen LogP contribution in [0.5, 0.6) is 0 Å². The largest absolute Gasteiger partial charge is 0.460 e. The molecule has 0 bridgehead atoms. The van der Waals surface area contributed by atoms with E-state index >= 15 is 0 Å². The van der Waals surface area contributed by atoms with E-state index in [2.05, 4.69) is 107 Å². The fourth-order valence-corrected chi connectivity index (χ4v) is 16.0. The molecule has 26 heteroatoms. The smallest absolute Gasteiger partial charge is 0.315 e. The van der Waals surface area contributed by atoms with Crippen LogP contribution in [0.4, 0.5) is 44.2 Å². The van der Waals surface area contributed by atoms with E-state index in [0.29, 0.717) is 97.0 Å². The van der Waals surface area contributed by atoms with Gasteiger partial charge in [0.15, 0.2) is 23.3 Å². The molecule has 9 atom stereocenters. The van der Waals surface area contributed by atoms with Gasteiger partial charge in [0.25, 0.3) is 0 Å². The van der Waals surface area contributed by atoms with E-state index in [1.54, 1.807) is 0 Å². The van der Waals surface area contributed by atoms with Crippen molar-refractivity contribution in [1.82, 2.24) is 56.5 Å². The summed E-state index contributed by atoms with van der Waals surface area (Å²) in [6.45, 7) is 4.17. The van der Waals surface area contributed by atoms with Gasteiger partial charge >= 0.3 is 18.0 Å². The van der Waals surface area contributed by atoms with Crippen molar-refractivity contribution in [1.29, 1.82) is 0 Å². The highest BCUT2D eigenvalue weighted by atomic mass is 32.2. The van der Waals surface area contributed by atoms with Crippen LogP contribution in [0.3, 0.4) is 0 Å². The molecule has 0 saturated carbocycles. The number of fused-ring (bicyclic) bond motifs is 8. The van der Waals surface area contributed by atoms with E-state index in [0.717, 1.165) is 86.7 Å². The van der Waals surface area contributed by atoms with Gasteiger partial charge < -0.3 is 72.8 Å². The zero-order valence-corrected chi connectivity index (χ0v) is 49.7. The number of benzene rings is 2. The second-order valence-corrected chi connectivity index (χ2v) is 25.9. The van der Waals surface area contributed by atoms with Gasteiger partial charge in [0.2, 0.25) is 17.7 Å². The van der Waals surface area contributed by atoms with Crippen molar-refractivity contribution in [3.63, 3.8) is 0 Å². The lowest BCUT2D eigenvalue weighted by atomic mass is 9.91. The molecule has 11 heterocycles. The van der Waals surface area contributed by atoms with Gasteiger partial charge in [-0.25, -0.2) is 29.5 Å². The monoisotopic (exact) mass is 1210 g/mol. The zero-order valence-electron chi connectivity index (χ0n) is 48.1. The maximum Gasteiger partial charge on any atom is 0.315 e. The number of para-hydroxylation sites is 2. The van der Waals surface area contributed by atoms with Crippen LogP contribution in [0.2, 0.25) is 0 Å². The summed E-state index contributed by atoms with van der Waals surface area (Å²) in [7, 11) is 0. The third kappa shape index (κ3) is 13.2. The molecule has 12 N–H and O–H groups in total. The Bertz CT molecular complexity index is 3470. The molecule has 5 saturated heterocycles. The first kappa shape index (κ1) is 58.4. The van der Waals surface area contributed by atoms with Gasteiger partial charge in [0, 0.05) is 95.1 Å². The molecule has 6 unspecified atom stereocenters. The summed E-state index contributed by atoms with van der Waals surface area (Å²) in [6.07, 6.45) is 17.1. The first-order valence-electron chi connectivity index (χ1n) is 30.2. The van der Waals surface area contributed by atoms with Crippen molar-refractivity contribution in [3.05, 3.63) is 84.7 Å². The number of nitrogens with one attached hydrogen (secondary N) is 12. The summed E-state index contributed by atoms with van der Waals surface area (Å²) in [5.74, 6) is 3.85. The van der Waals surface area contributed by atoms with Gasteiger partial charge in [-0.1, -0.05) is 49.2 Å². The van der Waals surface area contributed by atoms with Gasteiger partial charge in [-0.15, -0.1) is 0 Å². The number of urea groups is 2. The number of carbonyl (C=O) groups excluding carboxylic acids is 6. The predicted octanol–water partition coefficient (Wildman–Crippen LogP) is 6.53. The van der Waals surface area contributed by atoms with Crippen LogP contribution in [0.15, 0.2) is 73.6 Å². The van der Waals surface area contributed by atoms with Crippen molar-refractivity contribution in [2.45, 2.75) is 149 Å². The molecule has 7 aliphatic rings. The average molecular weight is 1210 g/mol. The fraction of sp³-hybridized carbons (Fsp3) is 0.500. The number of rotatable bonds is 24. The minimum absolute atomic E-state index is 0.0623. The fourth-order valence-electron chi connectivity index (χ4n) is 12.9. The van der Waals surface area contributed by atoms with Crippen LogP contribution in [0.25, 0.3) is 21.8 Å². The standard InChI is InChI=1S/C31H41N9O3S.C29H34N8O4S/c1-31(13-6-7-14-32-24(41)11-5-4-10-23-25-22(17-44-23)37-30(43)39-25)29(42)38-26-27(35-18-36-28(26)40-31)33-15-12-19-16-34-21-9-3-2-8-20(19)21;38-23(8-4-3-7-22-24-20(14-42-22)34-29(40)36-24)41-17-11-21-28(39)35-25-26(32-15-33-27(25)37(21)13-17)30-10-9-16-12-31-19-6-2-1-5-18(16)19/h2-3,8-9,16,18,22-23,25,34H,4-7,10-15,17H2,1H3,(H,32,41)(H,38,42)(H2,37,39,43)(H2,33,35,36,40);1-2,5-6,12,15,17,20-22,24,31H,3-4,7-11,13-14H2,(H,35,39)(H,30,32,33)(H2,34,36,40)/t22?,23?,25?,31-;17-,20?,21-,22?,24?/m11/s1. The van der Waals surface area contributed by atoms with Crippen molar-refractivity contribution in [2.24, 2.45) is 0 Å². The highest BCUT2D eigenvalue weighted by molar-refractivity contribution is 8.00. The van der Waals surface area contributed by atoms with E-state index < -0.39 is 11.6 Å². The SMILES string of the molecule is C[C@]1(CCCCNC(=O)CCCCC2SCC3NC(=O)NC32)Nc2ncnc(NCCc3c[nH]c4ccccc34)c2NC1=O.O=C1NC2CSC(CCCCC(=O)O[C@@H]3C[C@@H]4C(=O)Nc5c(NCCc6c[nH]c7ccccc67)ncnc5N4C3)C2N1. The Morgan fingerprint density at radius 2 is 1.29 bits per heavy atom. The number of H-pyrrole nitrogens is 2. The van der Waals surface area contributed by atoms with E-state index in [9.17, 15) is 28.8 Å². The number of nitrogens with zero attached hydrogens (tertiary/aromatic N) is 5. The zero-order chi connectivity index (χ0) is 59.2. The maximum absolute atomic E-state index is 13.2. The van der Waals surface area contributed by atoms with Gasteiger partial charge in [-0.2, -0.15) is 23.5 Å². The van der Waals surface area contributed by atoms with E-state index in [4.69, 9.17) is 4.74 Å². The van der Waals surface area contributed by atoms with Crippen LogP contribution >= 0.6 is 23.5 Å². The number of unbranched alkanes of at least 4 members (excludes halogenated alkanes) is 3. The van der Waals surface area contributed by atoms with Gasteiger partial charge in [0.1, 0.15) is 41.7 Å². The topological polar surface area (TPSA) is 318 Å². The summed E-state index contributed by atoms with van der Waals surface area (Å²) in [5.41, 5.74) is 4.97.